The first-order chi connectivity index (χ1) is 24.8. The maximum atomic E-state index is 7.00. The van der Waals surface area contributed by atoms with Crippen LogP contribution in [-0.2, 0) is 4.74 Å². The quantitative estimate of drug-likeness (QED) is 0.186. The highest BCUT2D eigenvalue weighted by Crippen LogP contribution is 2.32. The summed E-state index contributed by atoms with van der Waals surface area (Å²) < 4.78 is 5.83. The molecule has 0 fully saturated rings. The standard InChI is InChI=1S/C21H19N3O.C20H17N3.CH4O/c1-25-21-23(18-13-7-3-8-14-18)20(17-11-5-2-6-12-17)22-24(21)19-15-9-4-10-16-19;1-4-10-17(11-5-1)20-21-23(19-14-8-3-9-15-19)16-22(20)18-12-6-2-7-13-18;1-2/h2-16,21H,1H3;1-15H,16H2;2H,1H3. The number of anilines is 4. The molecule has 2 aliphatic rings. The Morgan fingerprint density at radius 2 is 0.880 bits per heavy atom. The van der Waals surface area contributed by atoms with Gasteiger partial charge in [-0.05, 0) is 48.5 Å². The predicted molar refractivity (Wildman–Crippen MR) is 205 cm³/mol. The van der Waals surface area contributed by atoms with Gasteiger partial charge in [0.1, 0.15) is 6.67 Å². The molecule has 2 aliphatic heterocycles. The fraction of sp³-hybridized carbons (Fsp3) is 0.0952. The van der Waals surface area contributed by atoms with Crippen LogP contribution < -0.4 is 19.8 Å². The van der Waals surface area contributed by atoms with E-state index in [-0.39, 0.29) is 6.35 Å². The average Bonchev–Trinajstić information content (AvgIpc) is 3.84. The molecule has 1 atom stereocenters. The number of para-hydroxylation sites is 4. The van der Waals surface area contributed by atoms with E-state index in [0.717, 1.165) is 52.7 Å². The Kier molecular flexibility index (Phi) is 11.3. The molecule has 8 heteroatoms. The van der Waals surface area contributed by atoms with Crippen molar-refractivity contribution < 1.29 is 9.84 Å². The van der Waals surface area contributed by atoms with Crippen LogP contribution in [0.2, 0.25) is 0 Å². The number of aliphatic hydroxyl groups is 1. The van der Waals surface area contributed by atoms with Crippen LogP contribution in [0.1, 0.15) is 11.1 Å². The highest BCUT2D eigenvalue weighted by molar-refractivity contribution is 6.13. The van der Waals surface area contributed by atoms with Gasteiger partial charge in [0, 0.05) is 36.7 Å². The molecule has 250 valence electrons. The van der Waals surface area contributed by atoms with Gasteiger partial charge in [-0.15, -0.1) is 5.10 Å². The largest absolute Gasteiger partial charge is 0.400 e. The normalized spacial score (nSPS) is 15.0. The number of methoxy groups -OCH3 is 1. The van der Waals surface area contributed by atoms with Crippen molar-refractivity contribution in [3.63, 3.8) is 0 Å². The number of nitrogens with zero attached hydrogens (tertiary/aromatic N) is 6. The van der Waals surface area contributed by atoms with Crippen LogP contribution in [0.15, 0.2) is 192 Å². The van der Waals surface area contributed by atoms with Crippen LogP contribution in [-0.4, -0.2) is 44.0 Å². The van der Waals surface area contributed by atoms with Crippen LogP contribution in [0.25, 0.3) is 0 Å². The Hall–Kier alpha value is -6.22. The average molecular weight is 661 g/mol. The minimum Gasteiger partial charge on any atom is -0.400 e. The summed E-state index contributed by atoms with van der Waals surface area (Å²) in [5.74, 6) is 1.84. The molecule has 0 aliphatic carbocycles. The van der Waals surface area contributed by atoms with E-state index in [1.165, 1.54) is 0 Å². The molecule has 0 aromatic heterocycles. The molecule has 6 aromatic carbocycles. The zero-order valence-corrected chi connectivity index (χ0v) is 28.1. The first-order valence-electron chi connectivity index (χ1n) is 16.4. The fourth-order valence-corrected chi connectivity index (χ4v) is 5.76. The maximum absolute atomic E-state index is 7.00. The summed E-state index contributed by atoms with van der Waals surface area (Å²) >= 11 is 0. The molecule has 0 radical (unpaired) electrons. The van der Waals surface area contributed by atoms with Crippen LogP contribution in [0, 0.1) is 0 Å². The van der Waals surface area contributed by atoms with Gasteiger partial charge in [0.25, 0.3) is 0 Å². The summed E-state index contributed by atoms with van der Waals surface area (Å²) in [7, 11) is 2.71. The number of benzene rings is 6. The van der Waals surface area contributed by atoms with Crippen molar-refractivity contribution in [3.8, 4) is 0 Å². The third kappa shape index (κ3) is 7.57. The second-order valence-corrected chi connectivity index (χ2v) is 11.2. The van der Waals surface area contributed by atoms with E-state index in [2.05, 4.69) is 82.6 Å². The number of ether oxygens (including phenoxy) is 1. The van der Waals surface area contributed by atoms with Gasteiger partial charge in [-0.3, -0.25) is 4.90 Å². The van der Waals surface area contributed by atoms with E-state index in [1.54, 1.807) is 7.11 Å². The van der Waals surface area contributed by atoms with Gasteiger partial charge in [0.05, 0.1) is 11.4 Å². The van der Waals surface area contributed by atoms with Crippen molar-refractivity contribution in [2.45, 2.75) is 6.35 Å². The van der Waals surface area contributed by atoms with E-state index in [4.69, 9.17) is 20.0 Å². The predicted octanol–water partition coefficient (Wildman–Crippen LogP) is 8.25. The van der Waals surface area contributed by atoms with Gasteiger partial charge in [-0.2, -0.15) is 5.10 Å². The monoisotopic (exact) mass is 660 g/mol. The topological polar surface area (TPSA) is 67.1 Å². The second-order valence-electron chi connectivity index (χ2n) is 11.2. The molecule has 0 saturated carbocycles. The molecule has 0 spiro atoms. The molecule has 50 heavy (non-hydrogen) atoms. The Morgan fingerprint density at radius 3 is 1.36 bits per heavy atom. The first kappa shape index (κ1) is 33.7. The number of hydrogen-bond donors (Lipinski definition) is 1. The molecule has 0 amide bonds. The number of aliphatic hydroxyl groups excluding tert-OH is 1. The molecule has 0 saturated heterocycles. The first-order valence-corrected chi connectivity index (χ1v) is 16.4. The molecule has 6 aromatic rings. The Morgan fingerprint density at radius 1 is 0.480 bits per heavy atom. The van der Waals surface area contributed by atoms with E-state index in [0.29, 0.717) is 6.67 Å². The van der Waals surface area contributed by atoms with Crippen LogP contribution in [0.5, 0.6) is 0 Å². The van der Waals surface area contributed by atoms with Gasteiger partial charge >= 0.3 is 0 Å². The number of rotatable bonds is 7. The number of hydrazone groups is 2. The lowest BCUT2D eigenvalue weighted by atomic mass is 10.2. The lowest BCUT2D eigenvalue weighted by molar-refractivity contribution is 0.114. The van der Waals surface area contributed by atoms with Crippen LogP contribution >= 0.6 is 0 Å². The number of amidine groups is 2. The molecule has 1 unspecified atom stereocenters. The Labute approximate surface area is 294 Å². The van der Waals surface area contributed by atoms with E-state index >= 15 is 0 Å². The third-order valence-corrected chi connectivity index (χ3v) is 8.06. The van der Waals surface area contributed by atoms with Crippen molar-refractivity contribution in [1.29, 1.82) is 0 Å². The highest BCUT2D eigenvalue weighted by atomic mass is 16.5. The van der Waals surface area contributed by atoms with Crippen molar-refractivity contribution in [2.24, 2.45) is 10.2 Å². The molecule has 0 bridgehead atoms. The summed E-state index contributed by atoms with van der Waals surface area (Å²) in [6.45, 7) is 0.707. The van der Waals surface area contributed by atoms with Gasteiger partial charge in [0.2, 0.25) is 6.35 Å². The molecular formula is C42H40N6O2. The molecule has 8 rings (SSSR count). The second kappa shape index (κ2) is 16.7. The van der Waals surface area contributed by atoms with Crippen LogP contribution in [0.4, 0.5) is 22.7 Å². The van der Waals surface area contributed by atoms with Crippen molar-refractivity contribution in [3.05, 3.63) is 193 Å². The zero-order chi connectivity index (χ0) is 34.5. The minimum absolute atomic E-state index is 0.347. The summed E-state index contributed by atoms with van der Waals surface area (Å²) in [6.07, 6.45) is -0.347. The minimum atomic E-state index is -0.347. The number of hydrogen-bond acceptors (Lipinski definition) is 8. The summed E-state index contributed by atoms with van der Waals surface area (Å²) in [5, 5.41) is 20.7. The fourth-order valence-electron chi connectivity index (χ4n) is 5.76. The third-order valence-electron chi connectivity index (χ3n) is 8.06. The van der Waals surface area contributed by atoms with Crippen molar-refractivity contribution in [1.82, 2.24) is 0 Å². The van der Waals surface area contributed by atoms with Gasteiger partial charge in [-0.1, -0.05) is 133 Å². The summed E-state index contributed by atoms with van der Waals surface area (Å²) in [5.41, 5.74) is 6.44. The highest BCUT2D eigenvalue weighted by Gasteiger charge is 2.37. The maximum Gasteiger partial charge on any atom is 0.235 e. The van der Waals surface area contributed by atoms with Gasteiger partial charge in [-0.25, -0.2) is 10.0 Å². The van der Waals surface area contributed by atoms with Crippen molar-refractivity contribution >= 4 is 34.4 Å². The Bertz CT molecular complexity index is 1950. The molecule has 8 nitrogen and oxygen atoms in total. The summed E-state index contributed by atoms with van der Waals surface area (Å²) in [4.78, 5) is 4.35. The molecule has 2 heterocycles. The molecule has 1 N–H and O–H groups in total. The van der Waals surface area contributed by atoms with Crippen LogP contribution in [0.3, 0.4) is 0 Å². The summed E-state index contributed by atoms with van der Waals surface area (Å²) in [6, 6.07) is 61.4. The Balaban J connectivity index is 0.000000165. The van der Waals surface area contributed by atoms with E-state index in [9.17, 15) is 0 Å². The van der Waals surface area contributed by atoms with Gasteiger partial charge < -0.3 is 14.7 Å². The van der Waals surface area contributed by atoms with E-state index in [1.807, 2.05) is 119 Å². The zero-order valence-electron chi connectivity index (χ0n) is 28.1. The van der Waals surface area contributed by atoms with E-state index < -0.39 is 0 Å². The SMILES string of the molecule is CO.COC1N(c2ccccc2)N=C(c2ccccc2)N1c1ccccc1.c1ccc(C2=NN(c3ccccc3)CN2c2ccccc2)cc1. The molecular weight excluding hydrogens is 621 g/mol. The lowest BCUT2D eigenvalue weighted by Gasteiger charge is -2.30. The lowest BCUT2D eigenvalue weighted by Crippen LogP contribution is -2.44. The van der Waals surface area contributed by atoms with Crippen molar-refractivity contribution in [2.75, 3.05) is 40.7 Å². The smallest absolute Gasteiger partial charge is 0.235 e. The van der Waals surface area contributed by atoms with Gasteiger partial charge in [0.15, 0.2) is 11.7 Å².